The van der Waals surface area contributed by atoms with E-state index in [-0.39, 0.29) is 0 Å². The first-order valence-corrected chi connectivity index (χ1v) is 3.47. The van der Waals surface area contributed by atoms with Gasteiger partial charge in [0.2, 0.25) is 5.43 Å². The van der Waals surface area contributed by atoms with Crippen LogP contribution in [0.2, 0.25) is 0 Å². The minimum absolute atomic E-state index is 0.584. The summed E-state index contributed by atoms with van der Waals surface area (Å²) in [5.74, 6) is -2.18. The molecule has 0 unspecified atom stereocenters. The maximum Gasteiger partial charge on any atom is 0.269 e. The summed E-state index contributed by atoms with van der Waals surface area (Å²) in [4.78, 5) is 23.6. The maximum atomic E-state index is 12.1. The molecule has 1 heterocycles. The highest BCUT2D eigenvalue weighted by molar-refractivity contribution is 5.93. The summed E-state index contributed by atoms with van der Waals surface area (Å²) in [7, 11) is 0. The number of carbonyl (C=O) groups excluding carboxylic acids is 1. The number of nitrogens with one attached hydrogen (secondary N) is 1. The highest BCUT2D eigenvalue weighted by Crippen LogP contribution is 2.17. The van der Waals surface area contributed by atoms with Crippen LogP contribution in [0.4, 0.5) is 8.78 Å². The molecule has 0 aromatic carbocycles. The molecule has 1 aromatic rings. The van der Waals surface area contributed by atoms with Crippen LogP contribution in [0.3, 0.4) is 0 Å². The first-order chi connectivity index (χ1) is 6.45. The Bertz CT molecular complexity index is 427. The summed E-state index contributed by atoms with van der Waals surface area (Å²) in [5, 5.41) is 9.02. The van der Waals surface area contributed by atoms with E-state index < -0.39 is 34.8 Å². The third kappa shape index (κ3) is 1.56. The molecule has 1 amide bonds. The van der Waals surface area contributed by atoms with Crippen LogP contribution in [-0.2, 0) is 0 Å². The number of carbonyl (C=O) groups is 1. The lowest BCUT2D eigenvalue weighted by atomic mass is 10.2. The highest BCUT2D eigenvalue weighted by atomic mass is 19.3. The number of amides is 1. The summed E-state index contributed by atoms with van der Waals surface area (Å²) in [5.41, 5.74) is 1.96. The SMILES string of the molecule is NC(=O)c1[nH]cc(C(F)F)c(=O)c1O. The van der Waals surface area contributed by atoms with Gasteiger partial charge in [0.1, 0.15) is 0 Å². The van der Waals surface area contributed by atoms with Crippen LogP contribution in [0.25, 0.3) is 0 Å². The van der Waals surface area contributed by atoms with Gasteiger partial charge in [-0.05, 0) is 0 Å². The normalized spacial score (nSPS) is 10.5. The molecule has 7 heteroatoms. The molecule has 4 N–H and O–H groups in total. The number of hydrogen-bond acceptors (Lipinski definition) is 3. The van der Waals surface area contributed by atoms with Gasteiger partial charge in [-0.1, -0.05) is 0 Å². The lowest BCUT2D eigenvalue weighted by Gasteiger charge is -2.02. The van der Waals surface area contributed by atoms with Gasteiger partial charge in [-0.2, -0.15) is 0 Å². The zero-order valence-electron chi connectivity index (χ0n) is 6.75. The second kappa shape index (κ2) is 3.44. The minimum atomic E-state index is -3.02. The molecular weight excluding hydrogens is 198 g/mol. The van der Waals surface area contributed by atoms with E-state index in [1.807, 2.05) is 4.98 Å². The molecule has 0 atom stereocenters. The third-order valence-corrected chi connectivity index (χ3v) is 1.57. The Morgan fingerprint density at radius 1 is 1.57 bits per heavy atom. The maximum absolute atomic E-state index is 12.1. The molecule has 0 saturated heterocycles. The number of pyridine rings is 1. The molecule has 0 aliphatic heterocycles. The molecule has 76 valence electrons. The quantitative estimate of drug-likeness (QED) is 0.638. The van der Waals surface area contributed by atoms with Crippen molar-refractivity contribution in [2.24, 2.45) is 5.73 Å². The smallest absolute Gasteiger partial charge is 0.269 e. The van der Waals surface area contributed by atoms with Gasteiger partial charge in [0.25, 0.3) is 12.3 Å². The molecule has 5 nitrogen and oxygen atoms in total. The lowest BCUT2D eigenvalue weighted by Crippen LogP contribution is -2.19. The topological polar surface area (TPSA) is 96.2 Å². The number of H-pyrrole nitrogens is 1. The summed E-state index contributed by atoms with van der Waals surface area (Å²) in [6.45, 7) is 0. The van der Waals surface area contributed by atoms with E-state index in [4.69, 9.17) is 10.8 Å². The summed E-state index contributed by atoms with van der Waals surface area (Å²) >= 11 is 0. The average molecular weight is 204 g/mol. The van der Waals surface area contributed by atoms with Crippen molar-refractivity contribution < 1.29 is 18.7 Å². The summed E-state index contributed by atoms with van der Waals surface area (Å²) < 4.78 is 24.2. The number of rotatable bonds is 2. The molecule has 1 rings (SSSR count). The van der Waals surface area contributed by atoms with Gasteiger partial charge in [0.05, 0.1) is 5.56 Å². The lowest BCUT2D eigenvalue weighted by molar-refractivity contribution is 0.0991. The Morgan fingerprint density at radius 2 is 2.14 bits per heavy atom. The third-order valence-electron chi connectivity index (χ3n) is 1.57. The van der Waals surface area contributed by atoms with Gasteiger partial charge in [-0.3, -0.25) is 9.59 Å². The molecule has 14 heavy (non-hydrogen) atoms. The molecule has 0 spiro atoms. The zero-order valence-corrected chi connectivity index (χ0v) is 6.75. The van der Waals surface area contributed by atoms with Gasteiger partial charge >= 0.3 is 0 Å². The monoisotopic (exact) mass is 204 g/mol. The van der Waals surface area contributed by atoms with E-state index in [2.05, 4.69) is 0 Å². The van der Waals surface area contributed by atoms with E-state index in [0.717, 1.165) is 0 Å². The van der Waals surface area contributed by atoms with E-state index in [0.29, 0.717) is 6.20 Å². The van der Waals surface area contributed by atoms with Crippen molar-refractivity contribution in [2.75, 3.05) is 0 Å². The molecule has 0 aliphatic rings. The van der Waals surface area contributed by atoms with Crippen molar-refractivity contribution in [3.8, 4) is 5.75 Å². The number of aromatic amines is 1. The Morgan fingerprint density at radius 3 is 2.57 bits per heavy atom. The number of alkyl halides is 2. The van der Waals surface area contributed by atoms with Crippen molar-refractivity contribution in [1.82, 2.24) is 4.98 Å². The predicted octanol–water partition coefficient (Wildman–Crippen LogP) is 0.117. The Kier molecular flexibility index (Phi) is 2.50. The van der Waals surface area contributed by atoms with Crippen LogP contribution >= 0.6 is 0 Å². The molecule has 1 aromatic heterocycles. The Balaban J connectivity index is 3.42. The molecule has 0 saturated carbocycles. The summed E-state index contributed by atoms with van der Waals surface area (Å²) in [6.07, 6.45) is -2.38. The van der Waals surface area contributed by atoms with E-state index in [9.17, 15) is 18.4 Å². The summed E-state index contributed by atoms with van der Waals surface area (Å²) in [6, 6.07) is 0. The first-order valence-electron chi connectivity index (χ1n) is 3.47. The second-order valence-electron chi connectivity index (χ2n) is 2.46. The molecule has 0 bridgehead atoms. The number of halogens is 2. The van der Waals surface area contributed by atoms with Crippen LogP contribution in [0.5, 0.6) is 5.75 Å². The van der Waals surface area contributed by atoms with Crippen LogP contribution in [0, 0.1) is 0 Å². The fourth-order valence-corrected chi connectivity index (χ4v) is 0.884. The van der Waals surface area contributed by atoms with Gasteiger partial charge in [-0.25, -0.2) is 8.78 Å². The van der Waals surface area contributed by atoms with Crippen molar-refractivity contribution in [3.63, 3.8) is 0 Å². The van der Waals surface area contributed by atoms with Gasteiger partial charge in [0.15, 0.2) is 11.4 Å². The fraction of sp³-hybridized carbons (Fsp3) is 0.143. The Labute approximate surface area is 76.2 Å². The average Bonchev–Trinajstić information content (AvgIpc) is 2.08. The van der Waals surface area contributed by atoms with Crippen molar-refractivity contribution in [2.45, 2.75) is 6.43 Å². The number of primary amides is 1. The van der Waals surface area contributed by atoms with Gasteiger partial charge in [-0.15, -0.1) is 0 Å². The Hall–Kier alpha value is -1.92. The minimum Gasteiger partial charge on any atom is -0.503 e. The first kappa shape index (κ1) is 10.2. The standard InChI is InChI=1S/C7H6F2N2O3/c8-6(9)2-1-11-3(7(10)14)5(13)4(2)12/h1,6,13H,(H2,10,14)(H,11,12). The van der Waals surface area contributed by atoms with Gasteiger partial charge in [0, 0.05) is 6.20 Å². The molecule has 0 fully saturated rings. The molecule has 0 aliphatic carbocycles. The molecular formula is C7H6F2N2O3. The van der Waals surface area contributed by atoms with Crippen LogP contribution in [-0.4, -0.2) is 16.0 Å². The van der Waals surface area contributed by atoms with E-state index in [1.165, 1.54) is 0 Å². The number of nitrogens with two attached hydrogens (primary N) is 1. The second-order valence-corrected chi connectivity index (χ2v) is 2.46. The number of aromatic hydroxyl groups is 1. The largest absolute Gasteiger partial charge is 0.503 e. The fourth-order valence-electron chi connectivity index (χ4n) is 0.884. The van der Waals surface area contributed by atoms with Crippen molar-refractivity contribution >= 4 is 5.91 Å². The van der Waals surface area contributed by atoms with E-state index >= 15 is 0 Å². The van der Waals surface area contributed by atoms with Gasteiger partial charge < -0.3 is 15.8 Å². The molecule has 0 radical (unpaired) electrons. The predicted molar refractivity (Wildman–Crippen MR) is 42.2 cm³/mol. The van der Waals surface area contributed by atoms with Crippen molar-refractivity contribution in [3.05, 3.63) is 27.7 Å². The van der Waals surface area contributed by atoms with Crippen LogP contribution in [0.1, 0.15) is 22.5 Å². The number of hydrogen-bond donors (Lipinski definition) is 3. The van der Waals surface area contributed by atoms with Crippen molar-refractivity contribution in [1.29, 1.82) is 0 Å². The highest BCUT2D eigenvalue weighted by Gasteiger charge is 2.19. The van der Waals surface area contributed by atoms with E-state index in [1.54, 1.807) is 0 Å². The zero-order chi connectivity index (χ0) is 10.9. The van der Waals surface area contributed by atoms with Crippen LogP contribution < -0.4 is 11.2 Å². The van der Waals surface area contributed by atoms with Crippen LogP contribution in [0.15, 0.2) is 11.0 Å². The number of aromatic nitrogens is 1.